The second kappa shape index (κ2) is 7.09. The largest absolute Gasteiger partial charge is 0.351 e. The number of alkyl halides is 4. The van der Waals surface area contributed by atoms with Crippen LogP contribution in [0.1, 0.15) is 51.4 Å². The fourth-order valence-electron chi connectivity index (χ4n) is 3.21. The van der Waals surface area contributed by atoms with Crippen LogP contribution in [-0.2, 0) is 0 Å². The first-order chi connectivity index (χ1) is 11.7. The molecular formula is C15H20ClF4N5. The topological polar surface area (TPSA) is 62.7 Å². The van der Waals surface area contributed by atoms with E-state index in [4.69, 9.17) is 11.6 Å². The molecule has 25 heavy (non-hydrogen) atoms. The van der Waals surface area contributed by atoms with E-state index in [1.807, 2.05) is 0 Å². The van der Waals surface area contributed by atoms with Gasteiger partial charge in [0.05, 0.1) is 0 Å². The molecular weight excluding hydrogens is 362 g/mol. The highest BCUT2D eigenvalue weighted by Crippen LogP contribution is 2.35. The van der Waals surface area contributed by atoms with E-state index in [9.17, 15) is 17.6 Å². The van der Waals surface area contributed by atoms with E-state index < -0.39 is 11.8 Å². The Bertz CT molecular complexity index is 547. The van der Waals surface area contributed by atoms with Gasteiger partial charge in [-0.1, -0.05) is 0 Å². The lowest BCUT2D eigenvalue weighted by atomic mass is 9.92. The Morgan fingerprint density at radius 2 is 1.08 bits per heavy atom. The van der Waals surface area contributed by atoms with Crippen molar-refractivity contribution in [1.82, 2.24) is 15.0 Å². The predicted molar refractivity (Wildman–Crippen MR) is 86.5 cm³/mol. The molecule has 1 aromatic rings. The lowest BCUT2D eigenvalue weighted by Gasteiger charge is -2.29. The van der Waals surface area contributed by atoms with Crippen molar-refractivity contribution in [2.45, 2.75) is 75.3 Å². The first-order valence-corrected chi connectivity index (χ1v) is 8.79. The van der Waals surface area contributed by atoms with Crippen LogP contribution in [0.4, 0.5) is 29.5 Å². The van der Waals surface area contributed by atoms with Gasteiger partial charge in [0.2, 0.25) is 29.0 Å². The van der Waals surface area contributed by atoms with E-state index in [0.29, 0.717) is 25.7 Å². The summed E-state index contributed by atoms with van der Waals surface area (Å²) in [6.07, 6.45) is 0.562. The fraction of sp³-hybridized carbons (Fsp3) is 0.800. The summed E-state index contributed by atoms with van der Waals surface area (Å²) in [5.74, 6) is -4.80. The second-order valence-electron chi connectivity index (χ2n) is 6.80. The summed E-state index contributed by atoms with van der Waals surface area (Å²) in [6, 6.07) is -0.307. The first kappa shape index (κ1) is 18.4. The summed E-state index contributed by atoms with van der Waals surface area (Å²) >= 11 is 5.89. The standard InChI is InChI=1S/C15H20ClF4N5/c16-11-23-12(21-9-1-5-14(17,18)6-2-9)25-13(24-11)22-10-3-7-15(19,20)8-4-10/h9-10H,1-8H2,(H2,21,22,23,24,25). The molecule has 3 rings (SSSR count). The summed E-state index contributed by atoms with van der Waals surface area (Å²) in [5.41, 5.74) is 0. The third-order valence-corrected chi connectivity index (χ3v) is 4.88. The summed E-state index contributed by atoms with van der Waals surface area (Å²) in [5, 5.41) is 5.98. The number of halogens is 5. The molecule has 0 radical (unpaired) electrons. The van der Waals surface area contributed by atoms with Crippen LogP contribution in [0.2, 0.25) is 5.28 Å². The maximum atomic E-state index is 13.2. The average molecular weight is 382 g/mol. The van der Waals surface area contributed by atoms with Crippen LogP contribution in [0.25, 0.3) is 0 Å². The maximum absolute atomic E-state index is 13.2. The lowest BCUT2D eigenvalue weighted by molar-refractivity contribution is -0.0366. The Morgan fingerprint density at radius 3 is 1.44 bits per heavy atom. The van der Waals surface area contributed by atoms with E-state index in [-0.39, 0.29) is 54.9 Å². The van der Waals surface area contributed by atoms with Gasteiger partial charge in [-0.15, -0.1) is 0 Å². The molecule has 0 amide bonds. The number of nitrogens with zero attached hydrogens (tertiary/aromatic N) is 3. The van der Waals surface area contributed by atoms with Crippen molar-refractivity contribution in [2.75, 3.05) is 10.6 Å². The van der Waals surface area contributed by atoms with Crippen molar-refractivity contribution < 1.29 is 17.6 Å². The number of anilines is 2. The Morgan fingerprint density at radius 1 is 0.720 bits per heavy atom. The Hall–Kier alpha value is -1.38. The summed E-state index contributed by atoms with van der Waals surface area (Å²) < 4.78 is 52.8. The minimum absolute atomic E-state index is 0.0396. The van der Waals surface area contributed by atoms with E-state index in [2.05, 4.69) is 25.6 Å². The van der Waals surface area contributed by atoms with Crippen LogP contribution in [0, 0.1) is 0 Å². The molecule has 2 saturated carbocycles. The normalized spacial score (nSPS) is 24.0. The molecule has 1 aromatic heterocycles. The van der Waals surface area contributed by atoms with Crippen LogP contribution in [-0.4, -0.2) is 38.9 Å². The Balaban J connectivity index is 1.59. The minimum Gasteiger partial charge on any atom is -0.351 e. The van der Waals surface area contributed by atoms with Crippen LogP contribution in [0.5, 0.6) is 0 Å². The predicted octanol–water partition coefficient (Wildman–Crippen LogP) is 4.50. The van der Waals surface area contributed by atoms with Gasteiger partial charge in [0.25, 0.3) is 0 Å². The molecule has 0 aliphatic heterocycles. The third-order valence-electron chi connectivity index (χ3n) is 4.71. The van der Waals surface area contributed by atoms with Gasteiger partial charge >= 0.3 is 0 Å². The molecule has 2 aliphatic rings. The molecule has 2 fully saturated rings. The molecule has 0 unspecified atom stereocenters. The zero-order valence-corrected chi connectivity index (χ0v) is 14.3. The number of hydrogen-bond donors (Lipinski definition) is 2. The third kappa shape index (κ3) is 5.29. The average Bonchev–Trinajstić information content (AvgIpc) is 2.51. The zero-order chi connectivity index (χ0) is 18.1. The van der Waals surface area contributed by atoms with Crippen molar-refractivity contribution in [3.63, 3.8) is 0 Å². The summed E-state index contributed by atoms with van der Waals surface area (Å²) in [4.78, 5) is 12.1. The lowest BCUT2D eigenvalue weighted by Crippen LogP contribution is -2.33. The van der Waals surface area contributed by atoms with Crippen LogP contribution >= 0.6 is 11.6 Å². The highest BCUT2D eigenvalue weighted by Gasteiger charge is 2.36. The maximum Gasteiger partial charge on any atom is 0.248 e. The quantitative estimate of drug-likeness (QED) is 0.751. The molecule has 5 nitrogen and oxygen atoms in total. The van der Waals surface area contributed by atoms with Gasteiger partial charge in [0, 0.05) is 37.8 Å². The monoisotopic (exact) mass is 381 g/mol. The molecule has 0 aromatic carbocycles. The summed E-state index contributed by atoms with van der Waals surface area (Å²) in [6.45, 7) is 0. The van der Waals surface area contributed by atoms with Gasteiger partial charge in [0.15, 0.2) is 0 Å². The number of rotatable bonds is 4. The van der Waals surface area contributed by atoms with Gasteiger partial charge in [0.1, 0.15) is 0 Å². The Labute approximate surface area is 148 Å². The van der Waals surface area contributed by atoms with Crippen molar-refractivity contribution in [3.8, 4) is 0 Å². The van der Waals surface area contributed by atoms with Crippen molar-refractivity contribution in [3.05, 3.63) is 5.28 Å². The van der Waals surface area contributed by atoms with E-state index >= 15 is 0 Å². The number of aromatic nitrogens is 3. The molecule has 0 atom stereocenters. The molecule has 1 heterocycles. The van der Waals surface area contributed by atoms with Crippen LogP contribution in [0.3, 0.4) is 0 Å². The van der Waals surface area contributed by atoms with E-state index in [1.165, 1.54) is 0 Å². The highest BCUT2D eigenvalue weighted by molar-refractivity contribution is 6.28. The van der Waals surface area contributed by atoms with Crippen molar-refractivity contribution in [1.29, 1.82) is 0 Å². The highest BCUT2D eigenvalue weighted by atomic mass is 35.5. The number of hydrogen-bond acceptors (Lipinski definition) is 5. The zero-order valence-electron chi connectivity index (χ0n) is 13.5. The molecule has 0 saturated heterocycles. The first-order valence-electron chi connectivity index (χ1n) is 8.41. The van der Waals surface area contributed by atoms with Crippen LogP contribution < -0.4 is 10.6 Å². The molecule has 0 spiro atoms. The van der Waals surface area contributed by atoms with Crippen molar-refractivity contribution >= 4 is 23.5 Å². The summed E-state index contributed by atoms with van der Waals surface area (Å²) in [7, 11) is 0. The Kier molecular flexibility index (Phi) is 5.22. The smallest absolute Gasteiger partial charge is 0.248 e. The molecule has 0 bridgehead atoms. The SMILES string of the molecule is FC1(F)CCC(Nc2nc(Cl)nc(NC3CCC(F)(F)CC3)n2)CC1. The molecule has 2 aliphatic carbocycles. The fourth-order valence-corrected chi connectivity index (χ4v) is 3.37. The minimum atomic E-state index is -2.61. The number of nitrogens with one attached hydrogen (secondary N) is 2. The van der Waals surface area contributed by atoms with Gasteiger partial charge in [-0.25, -0.2) is 17.6 Å². The second-order valence-corrected chi connectivity index (χ2v) is 7.14. The van der Waals surface area contributed by atoms with Gasteiger partial charge in [-0.05, 0) is 37.3 Å². The van der Waals surface area contributed by atoms with E-state index in [1.54, 1.807) is 0 Å². The van der Waals surface area contributed by atoms with Gasteiger partial charge < -0.3 is 10.6 Å². The van der Waals surface area contributed by atoms with E-state index in [0.717, 1.165) is 0 Å². The molecule has 140 valence electrons. The van der Waals surface area contributed by atoms with Crippen LogP contribution in [0.15, 0.2) is 0 Å². The molecule has 10 heteroatoms. The van der Waals surface area contributed by atoms with Gasteiger partial charge in [-0.3, -0.25) is 0 Å². The molecule has 2 N–H and O–H groups in total. The van der Waals surface area contributed by atoms with Gasteiger partial charge in [-0.2, -0.15) is 15.0 Å². The van der Waals surface area contributed by atoms with Crippen molar-refractivity contribution in [2.24, 2.45) is 0 Å².